The van der Waals surface area contributed by atoms with E-state index in [0.29, 0.717) is 13.0 Å². The van der Waals surface area contributed by atoms with E-state index in [2.05, 4.69) is 32.9 Å². The molecule has 1 aromatic rings. The summed E-state index contributed by atoms with van der Waals surface area (Å²) in [4.78, 5) is 23.3. The Morgan fingerprint density at radius 1 is 1.20 bits per heavy atom. The number of nitro benzene ring substituents is 1. The summed E-state index contributed by atoms with van der Waals surface area (Å²) in [6.07, 6.45) is 5.12. The Labute approximate surface area is 146 Å². The first kappa shape index (κ1) is 16.1. The molecule has 1 aliphatic heterocycles. The molecule has 25 heavy (non-hydrogen) atoms. The van der Waals surface area contributed by atoms with E-state index in [0.717, 1.165) is 5.56 Å². The topological polar surface area (TPSA) is 69.4 Å². The third-order valence-corrected chi connectivity index (χ3v) is 6.29. The second-order valence-corrected chi connectivity index (χ2v) is 7.78. The van der Waals surface area contributed by atoms with E-state index in [-0.39, 0.29) is 28.9 Å². The maximum Gasteiger partial charge on any atom is 0.313 e. The van der Waals surface area contributed by atoms with Crippen molar-refractivity contribution < 1.29 is 14.5 Å². The van der Waals surface area contributed by atoms with Crippen molar-refractivity contribution in [2.24, 2.45) is 16.7 Å². The average molecular weight is 339 g/mol. The summed E-state index contributed by atoms with van der Waals surface area (Å²) >= 11 is 0. The van der Waals surface area contributed by atoms with E-state index < -0.39 is 10.3 Å². The van der Waals surface area contributed by atoms with Crippen LogP contribution < -0.4 is 0 Å². The van der Waals surface area contributed by atoms with Gasteiger partial charge in [0.05, 0.1) is 16.9 Å². The highest BCUT2D eigenvalue weighted by atomic mass is 16.6. The van der Waals surface area contributed by atoms with Gasteiger partial charge in [0, 0.05) is 29.4 Å². The van der Waals surface area contributed by atoms with E-state index in [1.54, 1.807) is 12.1 Å². The highest BCUT2D eigenvalue weighted by Crippen LogP contribution is 2.75. The molecule has 1 spiro atoms. The van der Waals surface area contributed by atoms with Gasteiger partial charge < -0.3 is 4.74 Å². The van der Waals surface area contributed by atoms with Gasteiger partial charge in [0.2, 0.25) is 0 Å². The minimum absolute atomic E-state index is 0.0283. The van der Waals surface area contributed by atoms with Crippen molar-refractivity contribution in [2.45, 2.75) is 33.1 Å². The molecular weight excluding hydrogens is 318 g/mol. The lowest BCUT2D eigenvalue weighted by atomic mass is 9.35. The summed E-state index contributed by atoms with van der Waals surface area (Å²) in [5.74, 6) is -0.0303. The average Bonchev–Trinajstić information content (AvgIpc) is 2.89. The Kier molecular flexibility index (Phi) is 3.24. The van der Waals surface area contributed by atoms with E-state index in [9.17, 15) is 14.9 Å². The Bertz CT molecular complexity index is 838. The first-order chi connectivity index (χ1) is 11.8. The molecule has 0 bridgehead atoms. The molecule has 5 heteroatoms. The van der Waals surface area contributed by atoms with E-state index >= 15 is 0 Å². The van der Waals surface area contributed by atoms with Gasteiger partial charge in [0.15, 0.2) is 0 Å². The van der Waals surface area contributed by atoms with Crippen LogP contribution in [0.15, 0.2) is 47.6 Å². The fourth-order valence-electron chi connectivity index (χ4n) is 5.90. The van der Waals surface area contributed by atoms with Crippen LogP contribution in [-0.4, -0.2) is 17.5 Å². The van der Waals surface area contributed by atoms with Crippen LogP contribution in [-0.2, 0) is 9.53 Å². The number of benzene rings is 1. The molecule has 3 aliphatic rings. The largest absolute Gasteiger partial charge is 0.465 e. The minimum Gasteiger partial charge on any atom is -0.465 e. The highest BCUT2D eigenvalue weighted by Gasteiger charge is 2.74. The summed E-state index contributed by atoms with van der Waals surface area (Å²) < 4.78 is 5.40. The number of hydrogen-bond donors (Lipinski definition) is 0. The van der Waals surface area contributed by atoms with E-state index in [1.165, 1.54) is 23.3 Å². The second-order valence-electron chi connectivity index (χ2n) is 7.78. The Balaban J connectivity index is 1.85. The number of nitro groups is 1. The van der Waals surface area contributed by atoms with Gasteiger partial charge in [-0.3, -0.25) is 14.9 Å². The van der Waals surface area contributed by atoms with Crippen LogP contribution in [0.3, 0.4) is 0 Å². The number of carbonyl (C=O) groups is 1. The van der Waals surface area contributed by atoms with E-state index in [4.69, 9.17) is 4.74 Å². The summed E-state index contributed by atoms with van der Waals surface area (Å²) in [7, 11) is 0. The third kappa shape index (κ3) is 1.92. The van der Waals surface area contributed by atoms with Gasteiger partial charge in [0.25, 0.3) is 5.69 Å². The van der Waals surface area contributed by atoms with E-state index in [1.807, 2.05) is 0 Å². The van der Waals surface area contributed by atoms with Crippen molar-refractivity contribution in [3.63, 3.8) is 0 Å². The molecule has 2 aliphatic carbocycles. The maximum atomic E-state index is 12.8. The lowest BCUT2D eigenvalue weighted by molar-refractivity contribution is -0.384. The molecule has 0 unspecified atom stereocenters. The number of cyclic esters (lactones) is 1. The number of rotatable bonds is 2. The number of fused-ring (bicyclic) bond motifs is 2. The fourth-order valence-corrected chi connectivity index (χ4v) is 5.90. The molecule has 0 radical (unpaired) electrons. The molecule has 0 aromatic heterocycles. The molecule has 1 heterocycles. The molecule has 1 aromatic carbocycles. The quantitative estimate of drug-likeness (QED) is 0.461. The zero-order chi connectivity index (χ0) is 18.0. The normalized spacial score (nSPS) is 36.2. The predicted molar refractivity (Wildman–Crippen MR) is 93.0 cm³/mol. The zero-order valence-electron chi connectivity index (χ0n) is 14.6. The first-order valence-electron chi connectivity index (χ1n) is 8.60. The van der Waals surface area contributed by atoms with Gasteiger partial charge in [-0.1, -0.05) is 42.4 Å². The molecule has 0 N–H and O–H groups in total. The Morgan fingerprint density at radius 2 is 1.88 bits per heavy atom. The SMILES string of the molecule is CC1=C[C@@]2(C)[C@@H](c3ccc([N+](=O)[O-])cc3)[C@]3(CCOC3=O)[C@H]2C(C)=C1. The lowest BCUT2D eigenvalue weighted by Gasteiger charge is -2.65. The minimum atomic E-state index is -0.553. The van der Waals surface area contributed by atoms with Crippen molar-refractivity contribution in [3.8, 4) is 0 Å². The lowest BCUT2D eigenvalue weighted by Crippen LogP contribution is -2.64. The number of hydrogen-bond acceptors (Lipinski definition) is 4. The molecule has 4 rings (SSSR count). The summed E-state index contributed by atoms with van der Waals surface area (Å²) in [5, 5.41) is 11.0. The second kappa shape index (κ2) is 5.04. The van der Waals surface area contributed by atoms with Gasteiger partial charge in [-0.25, -0.2) is 0 Å². The fraction of sp³-hybridized carbons (Fsp3) is 0.450. The van der Waals surface area contributed by atoms with Crippen LogP contribution in [0, 0.1) is 26.9 Å². The molecule has 130 valence electrons. The number of allylic oxidation sites excluding steroid dienone is 4. The summed E-state index contributed by atoms with van der Waals surface area (Å²) in [6, 6.07) is 6.66. The molecule has 1 saturated heterocycles. The van der Waals surface area contributed by atoms with Crippen LogP contribution in [0.25, 0.3) is 0 Å². The molecular formula is C20H21NO4. The summed E-state index contributed by atoms with van der Waals surface area (Å²) in [5.41, 5.74) is 2.73. The van der Waals surface area contributed by atoms with Crippen LogP contribution in [0.4, 0.5) is 5.69 Å². The maximum absolute atomic E-state index is 12.8. The highest BCUT2D eigenvalue weighted by molar-refractivity contribution is 5.84. The molecule has 5 nitrogen and oxygen atoms in total. The smallest absolute Gasteiger partial charge is 0.313 e. The zero-order valence-corrected chi connectivity index (χ0v) is 14.6. The van der Waals surface area contributed by atoms with Crippen molar-refractivity contribution >= 4 is 11.7 Å². The van der Waals surface area contributed by atoms with Crippen molar-refractivity contribution in [2.75, 3.05) is 6.61 Å². The Hall–Kier alpha value is -2.43. The van der Waals surface area contributed by atoms with Crippen molar-refractivity contribution in [1.82, 2.24) is 0 Å². The number of nitrogens with zero attached hydrogens (tertiary/aromatic N) is 1. The van der Waals surface area contributed by atoms with Gasteiger partial charge in [-0.15, -0.1) is 0 Å². The monoisotopic (exact) mass is 339 g/mol. The predicted octanol–water partition coefficient (Wildman–Crippen LogP) is 4.15. The number of non-ortho nitro benzene ring substituents is 1. The third-order valence-electron chi connectivity index (χ3n) is 6.29. The van der Waals surface area contributed by atoms with Crippen LogP contribution in [0.5, 0.6) is 0 Å². The van der Waals surface area contributed by atoms with Gasteiger partial charge in [-0.2, -0.15) is 0 Å². The van der Waals surface area contributed by atoms with Crippen LogP contribution >= 0.6 is 0 Å². The summed E-state index contributed by atoms with van der Waals surface area (Å²) in [6.45, 7) is 6.82. The standard InChI is InChI=1S/C20H21NO4/c1-12-10-13(2)16-19(3,11-12)17(20(16)8-9-25-18(20)22)14-4-6-15(7-5-14)21(23)24/h4-7,10-11,16-17H,8-9H2,1-3H3/t16-,17+,19+,20-/m0/s1. The number of carbonyl (C=O) groups excluding carboxylic acids is 1. The van der Waals surface area contributed by atoms with Crippen molar-refractivity contribution in [1.29, 1.82) is 0 Å². The first-order valence-corrected chi connectivity index (χ1v) is 8.60. The number of ether oxygens (including phenoxy) is 1. The molecule has 2 fully saturated rings. The Morgan fingerprint density at radius 3 is 2.44 bits per heavy atom. The molecule has 0 amide bonds. The van der Waals surface area contributed by atoms with Gasteiger partial charge >= 0.3 is 5.97 Å². The number of esters is 1. The molecule has 1 saturated carbocycles. The van der Waals surface area contributed by atoms with Crippen molar-refractivity contribution in [3.05, 3.63) is 63.2 Å². The van der Waals surface area contributed by atoms with Crippen LogP contribution in [0.1, 0.15) is 38.7 Å². The van der Waals surface area contributed by atoms with Crippen LogP contribution in [0.2, 0.25) is 0 Å². The van der Waals surface area contributed by atoms with Gasteiger partial charge in [-0.05, 0) is 25.8 Å². The van der Waals surface area contributed by atoms with Gasteiger partial charge in [0.1, 0.15) is 0 Å². The molecule has 4 atom stereocenters.